The van der Waals surface area contributed by atoms with E-state index in [1.165, 1.54) is 0 Å². The van der Waals surface area contributed by atoms with Gasteiger partial charge in [0.05, 0.1) is 25.5 Å². The number of rotatable bonds is 6. The highest BCUT2D eigenvalue weighted by atomic mass is 35.5. The van der Waals surface area contributed by atoms with Crippen molar-refractivity contribution in [3.8, 4) is 0 Å². The molecular weight excluding hydrogens is 214 g/mol. The quantitative estimate of drug-likeness (QED) is 0.756. The second-order valence-corrected chi connectivity index (χ2v) is 4.04. The first-order chi connectivity index (χ1) is 7.11. The van der Waals surface area contributed by atoms with Gasteiger partial charge in [-0.25, -0.2) is 4.98 Å². The average molecular weight is 232 g/mol. The zero-order valence-electron chi connectivity index (χ0n) is 9.46. The number of ether oxygens (including phenoxy) is 1. The van der Waals surface area contributed by atoms with E-state index >= 15 is 0 Å². The van der Waals surface area contributed by atoms with Gasteiger partial charge in [-0.3, -0.25) is 0 Å². The Morgan fingerprint density at radius 2 is 2.33 bits per heavy atom. The fourth-order valence-corrected chi connectivity index (χ4v) is 1.30. The predicted molar refractivity (Wildman–Crippen MR) is 61.0 cm³/mol. The first-order valence-corrected chi connectivity index (χ1v) is 5.47. The summed E-state index contributed by atoms with van der Waals surface area (Å²) in [6.07, 6.45) is 1.94. The predicted octanol–water partition coefficient (Wildman–Crippen LogP) is 1.59. The van der Waals surface area contributed by atoms with Crippen molar-refractivity contribution in [2.45, 2.75) is 26.5 Å². The van der Waals surface area contributed by atoms with Crippen LogP contribution in [0, 0.1) is 0 Å². The average Bonchev–Trinajstić information content (AvgIpc) is 2.48. The minimum atomic E-state index is 0.286. The lowest BCUT2D eigenvalue weighted by Crippen LogP contribution is -2.22. The third-order valence-electron chi connectivity index (χ3n) is 2.04. The Bertz CT molecular complexity index is 299. The van der Waals surface area contributed by atoms with Gasteiger partial charge >= 0.3 is 0 Å². The number of hydrogen-bond acceptors (Lipinski definition) is 3. The van der Waals surface area contributed by atoms with Crippen molar-refractivity contribution in [3.05, 3.63) is 17.2 Å². The molecule has 15 heavy (non-hydrogen) atoms. The number of nitrogens with one attached hydrogen (secondary N) is 1. The van der Waals surface area contributed by atoms with Crippen molar-refractivity contribution >= 4 is 11.6 Å². The van der Waals surface area contributed by atoms with Crippen molar-refractivity contribution in [2.75, 3.05) is 13.2 Å². The molecule has 1 heterocycles. The van der Waals surface area contributed by atoms with E-state index in [1.807, 2.05) is 25.5 Å². The van der Waals surface area contributed by atoms with Gasteiger partial charge in [-0.15, -0.1) is 0 Å². The molecule has 0 bridgehead atoms. The summed E-state index contributed by atoms with van der Waals surface area (Å²) in [5.41, 5.74) is 0. The summed E-state index contributed by atoms with van der Waals surface area (Å²) in [5.74, 6) is 0.935. The molecule has 0 fully saturated rings. The molecule has 0 aliphatic rings. The van der Waals surface area contributed by atoms with Gasteiger partial charge in [0.2, 0.25) is 0 Å². The van der Waals surface area contributed by atoms with Gasteiger partial charge < -0.3 is 14.6 Å². The van der Waals surface area contributed by atoms with Crippen LogP contribution in [0.3, 0.4) is 0 Å². The highest BCUT2D eigenvalue weighted by molar-refractivity contribution is 6.29. The van der Waals surface area contributed by atoms with Crippen LogP contribution >= 0.6 is 11.6 Å². The Morgan fingerprint density at radius 3 is 2.87 bits per heavy atom. The molecule has 1 N–H and O–H groups in total. The molecule has 0 aliphatic carbocycles. The summed E-state index contributed by atoms with van der Waals surface area (Å²) in [6, 6.07) is 0. The molecule has 4 nitrogen and oxygen atoms in total. The largest absolute Gasteiger partial charge is 0.377 e. The SMILES string of the molecule is CC(C)OCCNCc1ncc(Cl)n1C. The molecular formula is C10H18ClN3O. The molecule has 1 rings (SSSR count). The van der Waals surface area contributed by atoms with Gasteiger partial charge in [0, 0.05) is 13.6 Å². The summed E-state index contributed by atoms with van der Waals surface area (Å²) in [5, 5.41) is 3.90. The maximum absolute atomic E-state index is 5.86. The van der Waals surface area contributed by atoms with E-state index < -0.39 is 0 Å². The lowest BCUT2D eigenvalue weighted by Gasteiger charge is -2.08. The van der Waals surface area contributed by atoms with Crippen molar-refractivity contribution in [1.29, 1.82) is 0 Å². The Hall–Kier alpha value is -0.580. The minimum absolute atomic E-state index is 0.286. The van der Waals surface area contributed by atoms with Crippen LogP contribution in [0.25, 0.3) is 0 Å². The van der Waals surface area contributed by atoms with Gasteiger partial charge in [-0.1, -0.05) is 11.6 Å². The molecule has 86 valence electrons. The molecule has 0 radical (unpaired) electrons. The maximum Gasteiger partial charge on any atom is 0.128 e. The number of hydrogen-bond donors (Lipinski definition) is 1. The summed E-state index contributed by atoms with van der Waals surface area (Å²) in [7, 11) is 1.90. The molecule has 5 heteroatoms. The van der Waals surface area contributed by atoms with Crippen LogP contribution in [0.15, 0.2) is 6.20 Å². The molecule has 0 unspecified atom stereocenters. The van der Waals surface area contributed by atoms with Gasteiger partial charge in [0.15, 0.2) is 0 Å². The molecule has 0 saturated heterocycles. The monoisotopic (exact) mass is 231 g/mol. The second-order valence-electron chi connectivity index (χ2n) is 3.65. The lowest BCUT2D eigenvalue weighted by molar-refractivity contribution is 0.0806. The lowest BCUT2D eigenvalue weighted by atomic mass is 10.5. The Balaban J connectivity index is 2.18. The topological polar surface area (TPSA) is 39.1 Å². The van der Waals surface area contributed by atoms with Crippen LogP contribution in [-0.2, 0) is 18.3 Å². The smallest absolute Gasteiger partial charge is 0.128 e. The van der Waals surface area contributed by atoms with Gasteiger partial charge in [-0.05, 0) is 13.8 Å². The van der Waals surface area contributed by atoms with Crippen LogP contribution in [-0.4, -0.2) is 28.8 Å². The van der Waals surface area contributed by atoms with E-state index in [-0.39, 0.29) is 6.10 Å². The number of nitrogens with zero attached hydrogens (tertiary/aromatic N) is 2. The fourth-order valence-electron chi connectivity index (χ4n) is 1.16. The third-order valence-corrected chi connectivity index (χ3v) is 2.39. The molecule has 0 aliphatic heterocycles. The van der Waals surface area contributed by atoms with Gasteiger partial charge in [0.1, 0.15) is 11.0 Å². The number of aromatic nitrogens is 2. The molecule has 0 aromatic carbocycles. The standard InChI is InChI=1S/C10H18ClN3O/c1-8(2)15-5-4-12-7-10-13-6-9(11)14(10)3/h6,8,12H,4-5,7H2,1-3H3. The van der Waals surface area contributed by atoms with Crippen LogP contribution in [0.2, 0.25) is 5.15 Å². The maximum atomic E-state index is 5.86. The molecule has 0 spiro atoms. The van der Waals surface area contributed by atoms with Gasteiger partial charge in [-0.2, -0.15) is 0 Å². The van der Waals surface area contributed by atoms with Gasteiger partial charge in [0.25, 0.3) is 0 Å². The van der Waals surface area contributed by atoms with Crippen LogP contribution in [0.4, 0.5) is 0 Å². The van der Waals surface area contributed by atoms with Crippen molar-refractivity contribution in [2.24, 2.45) is 7.05 Å². The summed E-state index contributed by atoms with van der Waals surface area (Å²) < 4.78 is 7.26. The number of imidazole rings is 1. The highest BCUT2D eigenvalue weighted by Crippen LogP contribution is 2.08. The molecule has 0 saturated carbocycles. The van der Waals surface area contributed by atoms with Crippen molar-refractivity contribution in [3.63, 3.8) is 0 Å². The molecule has 1 aromatic heterocycles. The van der Waals surface area contributed by atoms with E-state index in [1.54, 1.807) is 6.20 Å². The third kappa shape index (κ3) is 4.20. The second kappa shape index (κ2) is 6.10. The minimum Gasteiger partial charge on any atom is -0.377 e. The zero-order valence-corrected chi connectivity index (χ0v) is 10.2. The van der Waals surface area contributed by atoms with E-state index in [2.05, 4.69) is 10.3 Å². The van der Waals surface area contributed by atoms with Crippen molar-refractivity contribution < 1.29 is 4.74 Å². The Kier molecular flexibility index (Phi) is 5.08. The normalized spacial score (nSPS) is 11.3. The van der Waals surface area contributed by atoms with E-state index in [4.69, 9.17) is 16.3 Å². The van der Waals surface area contributed by atoms with E-state index in [9.17, 15) is 0 Å². The highest BCUT2D eigenvalue weighted by Gasteiger charge is 2.02. The van der Waals surface area contributed by atoms with E-state index in [0.29, 0.717) is 11.7 Å². The summed E-state index contributed by atoms with van der Waals surface area (Å²) in [6.45, 7) is 6.31. The van der Waals surface area contributed by atoms with E-state index in [0.717, 1.165) is 19.0 Å². The van der Waals surface area contributed by atoms with Crippen LogP contribution in [0.1, 0.15) is 19.7 Å². The number of halogens is 1. The van der Waals surface area contributed by atoms with Crippen LogP contribution < -0.4 is 5.32 Å². The zero-order chi connectivity index (χ0) is 11.3. The molecule has 0 atom stereocenters. The first kappa shape index (κ1) is 12.5. The first-order valence-electron chi connectivity index (χ1n) is 5.09. The molecule has 0 amide bonds. The molecule has 1 aromatic rings. The summed E-state index contributed by atoms with van der Waals surface area (Å²) >= 11 is 5.86. The Labute approximate surface area is 95.6 Å². The Morgan fingerprint density at radius 1 is 1.60 bits per heavy atom. The van der Waals surface area contributed by atoms with Crippen LogP contribution in [0.5, 0.6) is 0 Å². The van der Waals surface area contributed by atoms with Crippen molar-refractivity contribution in [1.82, 2.24) is 14.9 Å². The summed E-state index contributed by atoms with van der Waals surface area (Å²) in [4.78, 5) is 4.18. The fraction of sp³-hybridized carbons (Fsp3) is 0.700.